The third-order valence-electron chi connectivity index (χ3n) is 5.75. The number of nitrogens with one attached hydrogen (secondary N) is 3. The Hall–Kier alpha value is -3.76. The van der Waals surface area contributed by atoms with Crippen LogP contribution in [0.5, 0.6) is 0 Å². The van der Waals surface area contributed by atoms with E-state index in [-0.39, 0.29) is 27.7 Å². The van der Waals surface area contributed by atoms with Crippen molar-refractivity contribution < 1.29 is 23.5 Å². The minimum Gasteiger partial charge on any atom is -0.388 e. The van der Waals surface area contributed by atoms with Crippen LogP contribution in [0, 0.1) is 11.2 Å². The van der Waals surface area contributed by atoms with Crippen molar-refractivity contribution >= 4 is 41.1 Å². The largest absolute Gasteiger partial charge is 0.388 e. The molecule has 0 aliphatic carbocycles. The Balaban J connectivity index is 0.000000243. The number of aldehydes is 1. The average molecular weight is 500 g/mol. The number of hydrogen-bond acceptors (Lipinski definition) is 6. The molecule has 2 saturated heterocycles. The lowest BCUT2D eigenvalue weighted by Gasteiger charge is -2.54. The first-order valence-corrected chi connectivity index (χ1v) is 11.1. The van der Waals surface area contributed by atoms with E-state index in [0.29, 0.717) is 43.8 Å². The summed E-state index contributed by atoms with van der Waals surface area (Å²) >= 11 is 5.46. The summed E-state index contributed by atoms with van der Waals surface area (Å²) in [5, 5.41) is 5.92. The molecule has 3 heterocycles. The van der Waals surface area contributed by atoms with Gasteiger partial charge in [-0.2, -0.15) is 0 Å². The third kappa shape index (κ3) is 5.33. The van der Waals surface area contributed by atoms with E-state index in [1.165, 1.54) is 18.5 Å². The number of anilines is 2. The molecule has 0 unspecified atom stereocenters. The highest BCUT2D eigenvalue weighted by molar-refractivity contribution is 6.32. The molecule has 2 aromatic carbocycles. The maximum atomic E-state index is 12.6. The first-order valence-electron chi connectivity index (χ1n) is 10.7. The van der Waals surface area contributed by atoms with Gasteiger partial charge in [0.15, 0.2) is 12.0 Å². The van der Waals surface area contributed by atoms with Crippen LogP contribution >= 0.6 is 11.6 Å². The minimum absolute atomic E-state index is 0.105. The van der Waals surface area contributed by atoms with Gasteiger partial charge in [-0.15, -0.1) is 0 Å². The van der Waals surface area contributed by atoms with Crippen LogP contribution in [0.3, 0.4) is 0 Å². The maximum absolute atomic E-state index is 12.6. The van der Waals surface area contributed by atoms with Crippen molar-refractivity contribution in [2.75, 3.05) is 44.0 Å². The van der Waals surface area contributed by atoms with Crippen LogP contribution < -0.4 is 10.6 Å². The summed E-state index contributed by atoms with van der Waals surface area (Å²) in [5.74, 6) is -1.05. The monoisotopic (exact) mass is 499 g/mol. The Morgan fingerprint density at radius 1 is 1.17 bits per heavy atom. The lowest BCUT2D eigenvalue weighted by molar-refractivity contribution is -0.176. The lowest BCUT2D eigenvalue weighted by atomic mass is 9.78. The van der Waals surface area contributed by atoms with Crippen molar-refractivity contribution in [1.29, 1.82) is 0 Å². The van der Waals surface area contributed by atoms with E-state index in [4.69, 9.17) is 16.3 Å². The number of hydrogen-bond donors (Lipinski definition) is 3. The Morgan fingerprint density at radius 2 is 1.86 bits per heavy atom. The van der Waals surface area contributed by atoms with Gasteiger partial charge in [-0.25, -0.2) is 9.37 Å². The molecule has 2 aliphatic heterocycles. The third-order valence-corrected chi connectivity index (χ3v) is 6.07. The molecular weight excluding hydrogens is 477 g/mol. The Bertz CT molecular complexity index is 1230. The topological polar surface area (TPSA) is 116 Å². The quantitative estimate of drug-likeness (QED) is 0.463. The van der Waals surface area contributed by atoms with Gasteiger partial charge >= 0.3 is 0 Å². The van der Waals surface area contributed by atoms with Gasteiger partial charge in [-0.3, -0.25) is 14.4 Å². The fourth-order valence-electron chi connectivity index (χ4n) is 3.78. The van der Waals surface area contributed by atoms with Gasteiger partial charge in [0.2, 0.25) is 0 Å². The van der Waals surface area contributed by atoms with E-state index in [1.807, 2.05) is 19.2 Å². The van der Waals surface area contributed by atoms with Crippen LogP contribution in [0.15, 0.2) is 48.8 Å². The summed E-state index contributed by atoms with van der Waals surface area (Å²) < 4.78 is 17.5. The van der Waals surface area contributed by atoms with Crippen molar-refractivity contribution in [3.8, 4) is 0 Å². The predicted octanol–water partition coefficient (Wildman–Crippen LogP) is 3.47. The average Bonchev–Trinajstić information content (AvgIpc) is 3.28. The van der Waals surface area contributed by atoms with Crippen LogP contribution in [0.2, 0.25) is 5.02 Å². The Morgan fingerprint density at radius 3 is 2.43 bits per heavy atom. The van der Waals surface area contributed by atoms with Crippen LogP contribution in [0.4, 0.5) is 15.8 Å². The van der Waals surface area contributed by atoms with E-state index < -0.39 is 11.7 Å². The second kappa shape index (κ2) is 10.2. The Kier molecular flexibility index (Phi) is 7.13. The summed E-state index contributed by atoms with van der Waals surface area (Å²) in [6.07, 6.45) is 1.95. The number of aromatic amines is 1. The molecule has 0 atom stereocenters. The second-order valence-electron chi connectivity index (χ2n) is 8.35. The highest BCUT2D eigenvalue weighted by Gasteiger charge is 2.51. The van der Waals surface area contributed by atoms with Gasteiger partial charge in [0, 0.05) is 37.1 Å². The highest BCUT2D eigenvalue weighted by atomic mass is 35.5. The van der Waals surface area contributed by atoms with Crippen molar-refractivity contribution in [2.24, 2.45) is 5.41 Å². The van der Waals surface area contributed by atoms with Crippen LogP contribution in [0.25, 0.3) is 0 Å². The number of aromatic nitrogens is 2. The summed E-state index contributed by atoms with van der Waals surface area (Å²) in [4.78, 5) is 43.8. The van der Waals surface area contributed by atoms with Gasteiger partial charge in [-0.05, 0) is 42.5 Å². The van der Waals surface area contributed by atoms with Crippen molar-refractivity contribution in [3.63, 3.8) is 0 Å². The molecule has 5 rings (SSSR count). The molecule has 9 nitrogen and oxygen atoms in total. The van der Waals surface area contributed by atoms with E-state index in [0.717, 1.165) is 11.8 Å². The lowest BCUT2D eigenvalue weighted by Crippen LogP contribution is -2.67. The fraction of sp³-hybridized carbons (Fsp3) is 0.250. The maximum Gasteiger partial charge on any atom is 0.276 e. The molecule has 2 aliphatic rings. The molecule has 35 heavy (non-hydrogen) atoms. The van der Waals surface area contributed by atoms with Gasteiger partial charge in [0.25, 0.3) is 11.8 Å². The minimum atomic E-state index is -0.435. The van der Waals surface area contributed by atoms with E-state index in [2.05, 4.69) is 20.6 Å². The number of ether oxygens (including phenoxy) is 1. The van der Waals surface area contributed by atoms with E-state index in [1.54, 1.807) is 17.0 Å². The molecule has 2 amide bonds. The Labute approximate surface area is 205 Å². The van der Waals surface area contributed by atoms with Crippen LogP contribution in [0.1, 0.15) is 31.3 Å². The molecule has 1 aromatic heterocycles. The number of amides is 2. The highest BCUT2D eigenvalue weighted by Crippen LogP contribution is 2.38. The van der Waals surface area contributed by atoms with Crippen LogP contribution in [-0.2, 0) is 4.74 Å². The molecule has 0 saturated carbocycles. The molecule has 2 fully saturated rings. The molecule has 3 N–H and O–H groups in total. The summed E-state index contributed by atoms with van der Waals surface area (Å²) in [6.45, 7) is 2.74. The summed E-state index contributed by atoms with van der Waals surface area (Å²) in [7, 11) is 1.82. The number of carbonyl (C=O) groups is 3. The standard InChI is InChI=1S/C17H19N5O3.C7H4ClFO/c1-18-11-2-4-12(5-3-11)21-15(23)13-14(20-10-19-13)16(24)22-6-17(7-22)8-25-9-17;8-7-3-6(9)2-1-5(7)4-10/h2-5,10,18H,6-9H2,1H3,(H,19,20)(H,21,23);1-4H. The number of imidazole rings is 1. The van der Waals surface area contributed by atoms with Gasteiger partial charge in [-0.1, -0.05) is 11.6 Å². The molecule has 11 heteroatoms. The zero-order chi connectivity index (χ0) is 25.0. The molecule has 1 spiro atoms. The van der Waals surface area contributed by atoms with Gasteiger partial charge in [0.05, 0.1) is 30.0 Å². The van der Waals surface area contributed by atoms with E-state index in [9.17, 15) is 18.8 Å². The number of benzene rings is 2. The number of nitrogens with zero attached hydrogens (tertiary/aromatic N) is 2. The zero-order valence-electron chi connectivity index (χ0n) is 18.8. The second-order valence-corrected chi connectivity index (χ2v) is 8.75. The van der Waals surface area contributed by atoms with Gasteiger partial charge < -0.3 is 25.3 Å². The first kappa shape index (κ1) is 24.4. The fourth-order valence-corrected chi connectivity index (χ4v) is 3.99. The number of likely N-dealkylation sites (tertiary alicyclic amines) is 1. The molecule has 0 bridgehead atoms. The van der Waals surface area contributed by atoms with Gasteiger partial charge in [0.1, 0.15) is 11.5 Å². The molecule has 3 aromatic rings. The number of carbonyl (C=O) groups excluding carboxylic acids is 3. The molecule has 0 radical (unpaired) electrons. The molecular formula is C24H23ClFN5O4. The molecule has 182 valence electrons. The predicted molar refractivity (Wildman–Crippen MR) is 128 cm³/mol. The van der Waals surface area contributed by atoms with Crippen molar-refractivity contribution in [2.45, 2.75) is 0 Å². The SMILES string of the molecule is CNc1ccc(NC(=O)c2nc[nH]c2C(=O)N2CC3(COC3)C2)cc1.O=Cc1ccc(F)cc1Cl. The smallest absolute Gasteiger partial charge is 0.276 e. The number of rotatable bonds is 5. The normalized spacial score (nSPS) is 15.2. The van der Waals surface area contributed by atoms with Crippen molar-refractivity contribution in [3.05, 3.63) is 76.6 Å². The van der Waals surface area contributed by atoms with Crippen molar-refractivity contribution in [1.82, 2.24) is 14.9 Å². The zero-order valence-corrected chi connectivity index (χ0v) is 19.6. The first-order chi connectivity index (χ1) is 16.8. The summed E-state index contributed by atoms with van der Waals surface area (Å²) in [5.41, 5.74) is 2.35. The van der Waals surface area contributed by atoms with E-state index >= 15 is 0 Å². The number of halogens is 2. The number of H-pyrrole nitrogens is 1. The summed E-state index contributed by atoms with van der Waals surface area (Å²) in [6, 6.07) is 10.9. The van der Waals surface area contributed by atoms with Crippen LogP contribution in [-0.4, -0.2) is 66.3 Å².